The molecular weight excluding hydrogens is 716 g/mol. The number of hydrogen-bond donors (Lipinski definition) is 1. The first-order valence-electron chi connectivity index (χ1n) is 13.5. The summed E-state index contributed by atoms with van der Waals surface area (Å²) in [7, 11) is 0. The van der Waals surface area contributed by atoms with Crippen LogP contribution in [0, 0.1) is 0 Å². The Hall–Kier alpha value is -4.66. The minimum Gasteiger partial charge on any atom is -0.459 e. The zero-order valence-electron chi connectivity index (χ0n) is 23.0. The van der Waals surface area contributed by atoms with Crippen LogP contribution in [-0.4, -0.2) is 62.6 Å². The number of aromatic amines is 1. The fraction of sp³-hybridized carbons (Fsp3) is 0.161. The van der Waals surface area contributed by atoms with Crippen molar-refractivity contribution in [2.75, 3.05) is 6.61 Å². The lowest BCUT2D eigenvalue weighted by molar-refractivity contribution is -0.0655. The molecule has 0 spiro atoms. The van der Waals surface area contributed by atoms with Gasteiger partial charge in [-0.15, -0.1) is 0 Å². The van der Waals surface area contributed by atoms with Crippen LogP contribution in [0.1, 0.15) is 37.3 Å². The number of esters is 3. The predicted octanol–water partition coefficient (Wildman–Crippen LogP) is 4.85. The molecule has 4 atom stereocenters. The molecule has 45 heavy (non-hydrogen) atoms. The van der Waals surface area contributed by atoms with E-state index in [0.717, 1.165) is 0 Å². The van der Waals surface area contributed by atoms with E-state index in [2.05, 4.69) is 46.9 Å². The van der Waals surface area contributed by atoms with Gasteiger partial charge in [0.05, 0.1) is 16.7 Å². The average Bonchev–Trinajstić information content (AvgIpc) is 3.56. The molecule has 5 aromatic rings. The third-order valence-electron chi connectivity index (χ3n) is 6.91. The SMILES string of the molecule is O=C(OCC1OC(n2nc(Br)c3c(=O)[nH]c(Br)nc32)C(OC(=O)c2ccccc2)C1OC(=O)c1ccccc1)c1ccccc1. The van der Waals surface area contributed by atoms with Crippen LogP contribution in [0.5, 0.6) is 0 Å². The van der Waals surface area contributed by atoms with E-state index < -0.39 is 48.0 Å². The number of nitrogens with one attached hydrogen (secondary N) is 1. The molecule has 1 N–H and O–H groups in total. The number of carbonyl (C=O) groups is 3. The number of rotatable bonds is 8. The molecule has 228 valence electrons. The van der Waals surface area contributed by atoms with Crippen molar-refractivity contribution in [3.05, 3.63) is 127 Å². The van der Waals surface area contributed by atoms with E-state index in [0.29, 0.717) is 5.56 Å². The predicted molar refractivity (Wildman–Crippen MR) is 165 cm³/mol. The highest BCUT2D eigenvalue weighted by Gasteiger charge is 2.52. The lowest BCUT2D eigenvalue weighted by Gasteiger charge is -2.24. The number of aromatic nitrogens is 4. The normalized spacial score (nSPS) is 19.2. The van der Waals surface area contributed by atoms with Gasteiger partial charge in [0.1, 0.15) is 22.7 Å². The van der Waals surface area contributed by atoms with Crippen molar-refractivity contribution >= 4 is 60.8 Å². The van der Waals surface area contributed by atoms with Gasteiger partial charge in [-0.2, -0.15) is 5.10 Å². The Morgan fingerprint density at radius 3 is 1.84 bits per heavy atom. The zero-order valence-corrected chi connectivity index (χ0v) is 26.2. The maximum absolute atomic E-state index is 13.4. The van der Waals surface area contributed by atoms with Gasteiger partial charge in [0.2, 0.25) is 0 Å². The second-order valence-corrected chi connectivity index (χ2v) is 11.3. The van der Waals surface area contributed by atoms with Crippen LogP contribution >= 0.6 is 31.9 Å². The molecule has 6 rings (SSSR count). The first kappa shape index (κ1) is 30.4. The monoisotopic (exact) mass is 736 g/mol. The quantitative estimate of drug-likeness (QED) is 0.133. The maximum Gasteiger partial charge on any atom is 0.338 e. The Labute approximate surface area is 271 Å². The standard InChI is InChI=1S/C31H22Br2N4O8/c32-24-21-25(34-31(33)35-26(21)38)37(36-24)27-23(45-30(41)19-14-8-3-9-15-19)22(44-29(40)18-12-6-2-7-13-18)20(43-27)16-42-28(39)17-10-4-1-5-11-17/h1-15,20,22-23,27H,16H2,(H,34,35,38). The third-order valence-corrected chi connectivity index (χ3v) is 7.84. The minimum absolute atomic E-state index is 0.0818. The molecule has 3 aromatic carbocycles. The lowest BCUT2D eigenvalue weighted by atomic mass is 10.1. The van der Waals surface area contributed by atoms with E-state index in [1.807, 2.05) is 0 Å². The summed E-state index contributed by atoms with van der Waals surface area (Å²) in [5, 5.41) is 4.52. The summed E-state index contributed by atoms with van der Waals surface area (Å²) in [6.07, 6.45) is -5.03. The van der Waals surface area contributed by atoms with Gasteiger partial charge >= 0.3 is 17.9 Å². The van der Waals surface area contributed by atoms with Gasteiger partial charge in [0, 0.05) is 0 Å². The number of nitrogens with zero attached hydrogens (tertiary/aromatic N) is 3. The zero-order chi connectivity index (χ0) is 31.5. The van der Waals surface area contributed by atoms with Crippen molar-refractivity contribution < 1.29 is 33.3 Å². The molecule has 1 saturated heterocycles. The Morgan fingerprint density at radius 1 is 0.778 bits per heavy atom. The van der Waals surface area contributed by atoms with Gasteiger partial charge in [0.15, 0.2) is 28.8 Å². The highest BCUT2D eigenvalue weighted by Crippen LogP contribution is 2.37. The molecule has 12 nitrogen and oxygen atoms in total. The molecule has 4 unspecified atom stereocenters. The molecule has 1 aliphatic rings. The summed E-state index contributed by atoms with van der Waals surface area (Å²) in [5.74, 6) is -2.11. The maximum atomic E-state index is 13.4. The second kappa shape index (κ2) is 13.1. The van der Waals surface area contributed by atoms with Crippen molar-refractivity contribution in [2.24, 2.45) is 0 Å². The number of ether oxygens (including phenoxy) is 4. The van der Waals surface area contributed by atoms with E-state index in [9.17, 15) is 19.2 Å². The first-order valence-corrected chi connectivity index (χ1v) is 15.1. The van der Waals surface area contributed by atoms with E-state index in [4.69, 9.17) is 18.9 Å². The summed E-state index contributed by atoms with van der Waals surface area (Å²) < 4.78 is 25.3. The van der Waals surface area contributed by atoms with Crippen LogP contribution < -0.4 is 5.56 Å². The van der Waals surface area contributed by atoms with Gasteiger partial charge < -0.3 is 23.9 Å². The molecule has 3 heterocycles. The summed E-state index contributed by atoms with van der Waals surface area (Å²) in [6.45, 7) is -0.381. The van der Waals surface area contributed by atoms with Crippen LogP contribution in [0.4, 0.5) is 0 Å². The Kier molecular flexibility index (Phi) is 8.87. The minimum atomic E-state index is -1.33. The summed E-state index contributed by atoms with van der Waals surface area (Å²) in [6, 6.07) is 24.8. The molecule has 1 aliphatic heterocycles. The van der Waals surface area contributed by atoms with Gasteiger partial charge in [-0.05, 0) is 68.3 Å². The fourth-order valence-corrected chi connectivity index (χ4v) is 5.69. The Morgan fingerprint density at radius 2 is 1.29 bits per heavy atom. The topological polar surface area (TPSA) is 152 Å². The first-order chi connectivity index (χ1) is 21.8. The van der Waals surface area contributed by atoms with Crippen LogP contribution in [0.3, 0.4) is 0 Å². The molecule has 0 amide bonds. The smallest absolute Gasteiger partial charge is 0.338 e. The molecule has 1 fully saturated rings. The van der Waals surface area contributed by atoms with Gasteiger partial charge in [-0.3, -0.25) is 4.79 Å². The van der Waals surface area contributed by atoms with E-state index in [1.54, 1.807) is 91.0 Å². The van der Waals surface area contributed by atoms with E-state index >= 15 is 0 Å². The molecule has 0 bridgehead atoms. The average molecular weight is 738 g/mol. The summed E-state index contributed by atoms with van der Waals surface area (Å²) in [5.41, 5.74) is 0.345. The van der Waals surface area contributed by atoms with Gasteiger partial charge in [-0.1, -0.05) is 54.6 Å². The lowest BCUT2D eigenvalue weighted by Crippen LogP contribution is -2.41. The molecule has 0 aliphatic carbocycles. The third kappa shape index (κ3) is 6.43. The van der Waals surface area contributed by atoms with Crippen molar-refractivity contribution in [1.82, 2.24) is 19.7 Å². The van der Waals surface area contributed by atoms with Crippen molar-refractivity contribution in [3.63, 3.8) is 0 Å². The number of H-pyrrole nitrogens is 1. The summed E-state index contributed by atoms with van der Waals surface area (Å²) in [4.78, 5) is 59.3. The van der Waals surface area contributed by atoms with Crippen molar-refractivity contribution in [2.45, 2.75) is 24.5 Å². The highest BCUT2D eigenvalue weighted by atomic mass is 79.9. The number of carbonyl (C=O) groups excluding carboxylic acids is 3. The van der Waals surface area contributed by atoms with Crippen molar-refractivity contribution in [1.29, 1.82) is 0 Å². The molecule has 0 saturated carbocycles. The number of benzene rings is 3. The molecule has 0 radical (unpaired) electrons. The Bertz CT molecular complexity index is 1920. The van der Waals surface area contributed by atoms with Crippen LogP contribution in [0.2, 0.25) is 0 Å². The van der Waals surface area contributed by atoms with Crippen LogP contribution in [0.15, 0.2) is 105 Å². The molecule has 2 aromatic heterocycles. The largest absolute Gasteiger partial charge is 0.459 e. The highest BCUT2D eigenvalue weighted by molar-refractivity contribution is 9.10. The summed E-state index contributed by atoms with van der Waals surface area (Å²) >= 11 is 6.49. The fourth-order valence-electron chi connectivity index (χ4n) is 4.81. The second-order valence-electron chi connectivity index (χ2n) is 9.79. The number of hydrogen-bond acceptors (Lipinski definition) is 10. The van der Waals surface area contributed by atoms with Crippen molar-refractivity contribution in [3.8, 4) is 0 Å². The van der Waals surface area contributed by atoms with Gasteiger partial charge in [0.25, 0.3) is 5.56 Å². The number of fused-ring (bicyclic) bond motifs is 1. The molecule has 14 heteroatoms. The Balaban J connectivity index is 1.41. The van der Waals surface area contributed by atoms with E-state index in [-0.39, 0.29) is 38.1 Å². The van der Waals surface area contributed by atoms with E-state index in [1.165, 1.54) is 4.68 Å². The molecular formula is C31H22Br2N4O8. The van der Waals surface area contributed by atoms with Gasteiger partial charge in [-0.25, -0.2) is 24.0 Å². The van der Waals surface area contributed by atoms with Crippen LogP contribution in [-0.2, 0) is 18.9 Å². The number of halogens is 2. The van der Waals surface area contributed by atoms with Crippen LogP contribution in [0.25, 0.3) is 11.0 Å².